The number of rotatable bonds is 9. The molecule has 0 fully saturated rings. The minimum atomic E-state index is -0.936. The summed E-state index contributed by atoms with van der Waals surface area (Å²) >= 11 is 0. The number of carbonyl (C=O) groups is 3. The minimum Gasteiger partial charge on any atom is -0.508 e. The van der Waals surface area contributed by atoms with E-state index in [1.807, 2.05) is 13.8 Å². The van der Waals surface area contributed by atoms with Crippen LogP contribution in [0.3, 0.4) is 0 Å². The number of likely N-dealkylation sites (N-methyl/N-ethyl adjacent to an activating group) is 1. The Morgan fingerprint density at radius 1 is 1.20 bits per heavy atom. The third-order valence-corrected chi connectivity index (χ3v) is 4.30. The fourth-order valence-electron chi connectivity index (χ4n) is 3.06. The number of hydrogen-bond donors (Lipinski definition) is 3. The first-order valence-corrected chi connectivity index (χ1v) is 10.3. The van der Waals surface area contributed by atoms with Crippen molar-refractivity contribution < 1.29 is 24.2 Å². The van der Waals surface area contributed by atoms with E-state index in [1.165, 1.54) is 17.0 Å². The SMILES string of the molecule is CCCC(C)NC(=O)C(c1cccc(O)c1)N(CC)C(=O)CNC(=O)OC(C)(C)C. The molecule has 0 aliphatic heterocycles. The smallest absolute Gasteiger partial charge is 0.408 e. The van der Waals surface area contributed by atoms with Gasteiger partial charge in [-0.25, -0.2) is 4.79 Å². The molecule has 0 bridgehead atoms. The van der Waals surface area contributed by atoms with Crippen LogP contribution < -0.4 is 10.6 Å². The fourth-order valence-corrected chi connectivity index (χ4v) is 3.06. The van der Waals surface area contributed by atoms with Gasteiger partial charge < -0.3 is 25.4 Å². The Morgan fingerprint density at radius 3 is 2.40 bits per heavy atom. The number of carbonyl (C=O) groups excluding carboxylic acids is 3. The summed E-state index contributed by atoms with van der Waals surface area (Å²) in [6, 6.07) is 5.28. The highest BCUT2D eigenvalue weighted by atomic mass is 16.6. The Hall–Kier alpha value is -2.77. The Morgan fingerprint density at radius 2 is 1.87 bits per heavy atom. The molecule has 30 heavy (non-hydrogen) atoms. The summed E-state index contributed by atoms with van der Waals surface area (Å²) in [7, 11) is 0. The van der Waals surface area contributed by atoms with Crippen molar-refractivity contribution in [3.8, 4) is 5.75 Å². The Balaban J connectivity index is 3.05. The number of nitrogens with one attached hydrogen (secondary N) is 2. The molecular weight excluding hydrogens is 386 g/mol. The number of benzene rings is 1. The van der Waals surface area contributed by atoms with Gasteiger partial charge in [0.05, 0.1) is 0 Å². The van der Waals surface area contributed by atoms with Crippen molar-refractivity contribution in [3.63, 3.8) is 0 Å². The van der Waals surface area contributed by atoms with Gasteiger partial charge in [-0.3, -0.25) is 9.59 Å². The molecule has 1 aromatic rings. The highest BCUT2D eigenvalue weighted by molar-refractivity contribution is 5.90. The van der Waals surface area contributed by atoms with Crippen LogP contribution in [0.1, 0.15) is 66.0 Å². The van der Waals surface area contributed by atoms with Gasteiger partial charge in [-0.2, -0.15) is 0 Å². The van der Waals surface area contributed by atoms with Crippen LogP contribution in [0.4, 0.5) is 4.79 Å². The van der Waals surface area contributed by atoms with Crippen molar-refractivity contribution >= 4 is 17.9 Å². The van der Waals surface area contributed by atoms with E-state index in [0.29, 0.717) is 5.56 Å². The van der Waals surface area contributed by atoms with Crippen molar-refractivity contribution in [2.45, 2.75) is 72.1 Å². The maximum Gasteiger partial charge on any atom is 0.408 e. The monoisotopic (exact) mass is 421 g/mol. The van der Waals surface area contributed by atoms with Gasteiger partial charge in [-0.15, -0.1) is 0 Å². The van der Waals surface area contributed by atoms with Crippen LogP contribution in [-0.4, -0.2) is 52.6 Å². The van der Waals surface area contributed by atoms with Crippen molar-refractivity contribution in [1.82, 2.24) is 15.5 Å². The van der Waals surface area contributed by atoms with E-state index < -0.39 is 23.6 Å². The highest BCUT2D eigenvalue weighted by Crippen LogP contribution is 2.25. The van der Waals surface area contributed by atoms with Gasteiger partial charge in [0.15, 0.2) is 0 Å². The van der Waals surface area contributed by atoms with Gasteiger partial charge in [0.25, 0.3) is 0 Å². The number of aromatic hydroxyl groups is 1. The van der Waals surface area contributed by atoms with E-state index in [9.17, 15) is 19.5 Å². The second kappa shape index (κ2) is 11.4. The summed E-state index contributed by atoms with van der Waals surface area (Å²) in [6.07, 6.45) is 1.01. The lowest BCUT2D eigenvalue weighted by molar-refractivity contribution is -0.140. The normalized spacial score (nSPS) is 13.1. The van der Waals surface area contributed by atoms with Gasteiger partial charge >= 0.3 is 6.09 Å². The molecule has 3 N–H and O–H groups in total. The van der Waals surface area contributed by atoms with Crippen LogP contribution in [0, 0.1) is 0 Å². The van der Waals surface area contributed by atoms with Gasteiger partial charge in [-0.1, -0.05) is 25.5 Å². The van der Waals surface area contributed by atoms with Crippen LogP contribution in [0.5, 0.6) is 5.75 Å². The Kier molecular flexibility index (Phi) is 9.62. The second-order valence-corrected chi connectivity index (χ2v) is 8.23. The van der Waals surface area contributed by atoms with Crippen molar-refractivity contribution in [2.75, 3.05) is 13.1 Å². The summed E-state index contributed by atoms with van der Waals surface area (Å²) < 4.78 is 5.16. The van der Waals surface area contributed by atoms with E-state index in [2.05, 4.69) is 10.6 Å². The van der Waals surface area contributed by atoms with E-state index in [0.717, 1.165) is 12.8 Å². The predicted molar refractivity (Wildman–Crippen MR) is 115 cm³/mol. The molecule has 1 aromatic carbocycles. The van der Waals surface area contributed by atoms with E-state index in [1.54, 1.807) is 39.8 Å². The summed E-state index contributed by atoms with van der Waals surface area (Å²) in [5.41, 5.74) is -0.194. The molecular formula is C22H35N3O5. The van der Waals surface area contributed by atoms with Crippen LogP contribution >= 0.6 is 0 Å². The number of alkyl carbamates (subject to hydrolysis) is 1. The van der Waals surface area contributed by atoms with Gasteiger partial charge in [0, 0.05) is 12.6 Å². The topological polar surface area (TPSA) is 108 Å². The van der Waals surface area contributed by atoms with Crippen LogP contribution in [0.25, 0.3) is 0 Å². The zero-order valence-electron chi connectivity index (χ0n) is 18.8. The lowest BCUT2D eigenvalue weighted by atomic mass is 10.0. The zero-order chi connectivity index (χ0) is 22.9. The summed E-state index contributed by atoms with van der Waals surface area (Å²) in [5.74, 6) is -0.772. The number of ether oxygens (including phenoxy) is 1. The maximum absolute atomic E-state index is 13.1. The van der Waals surface area contributed by atoms with Crippen molar-refractivity contribution in [3.05, 3.63) is 29.8 Å². The quantitative estimate of drug-likeness (QED) is 0.568. The summed E-state index contributed by atoms with van der Waals surface area (Å²) in [4.78, 5) is 39.2. The lowest BCUT2D eigenvalue weighted by Crippen LogP contribution is -2.49. The zero-order valence-corrected chi connectivity index (χ0v) is 18.8. The minimum absolute atomic E-state index is 0.00212. The number of hydrogen-bond acceptors (Lipinski definition) is 5. The number of amides is 3. The predicted octanol–water partition coefficient (Wildman–Crippen LogP) is 3.11. The molecule has 0 radical (unpaired) electrons. The molecule has 0 saturated heterocycles. The summed E-state index contributed by atoms with van der Waals surface area (Å²) in [6.45, 7) is 10.8. The van der Waals surface area contributed by atoms with E-state index in [4.69, 9.17) is 4.74 Å². The first-order chi connectivity index (χ1) is 14.0. The molecule has 0 aromatic heterocycles. The highest BCUT2D eigenvalue weighted by Gasteiger charge is 2.31. The first kappa shape index (κ1) is 25.3. The first-order valence-electron chi connectivity index (χ1n) is 10.3. The van der Waals surface area contributed by atoms with Gasteiger partial charge in [-0.05, 0) is 58.7 Å². The summed E-state index contributed by atoms with van der Waals surface area (Å²) in [5, 5.41) is 15.3. The number of phenols is 1. The molecule has 8 heteroatoms. The van der Waals surface area contributed by atoms with Crippen LogP contribution in [0.2, 0.25) is 0 Å². The molecule has 0 aliphatic rings. The molecule has 0 aliphatic carbocycles. The number of nitrogens with zero attached hydrogens (tertiary/aromatic N) is 1. The third kappa shape index (κ3) is 8.31. The Bertz CT molecular complexity index is 730. The standard InChI is InChI=1S/C22H35N3O5/c1-7-10-15(3)24-20(28)19(16-11-9-12-17(26)13-16)25(8-2)18(27)14-23-21(29)30-22(4,5)6/h9,11-13,15,19,26H,7-8,10,14H2,1-6H3,(H,23,29)(H,24,28). The average molecular weight is 422 g/mol. The van der Waals surface area contributed by atoms with Gasteiger partial charge in [0.2, 0.25) is 11.8 Å². The molecule has 2 atom stereocenters. The molecule has 8 nitrogen and oxygen atoms in total. The van der Waals surface area contributed by atoms with Crippen LogP contribution in [0.15, 0.2) is 24.3 Å². The van der Waals surface area contributed by atoms with Crippen molar-refractivity contribution in [2.24, 2.45) is 0 Å². The van der Waals surface area contributed by atoms with Crippen molar-refractivity contribution in [1.29, 1.82) is 0 Å². The molecule has 168 valence electrons. The lowest BCUT2D eigenvalue weighted by Gasteiger charge is -2.31. The molecule has 0 heterocycles. The largest absolute Gasteiger partial charge is 0.508 e. The Labute approximate surface area is 179 Å². The second-order valence-electron chi connectivity index (χ2n) is 8.23. The van der Waals surface area contributed by atoms with E-state index >= 15 is 0 Å². The van der Waals surface area contributed by atoms with Gasteiger partial charge in [0.1, 0.15) is 23.9 Å². The third-order valence-electron chi connectivity index (χ3n) is 4.30. The molecule has 0 spiro atoms. The molecule has 0 saturated carbocycles. The molecule has 3 amide bonds. The van der Waals surface area contributed by atoms with E-state index in [-0.39, 0.29) is 30.8 Å². The average Bonchev–Trinajstić information content (AvgIpc) is 2.62. The number of phenolic OH excluding ortho intramolecular Hbond substituents is 1. The fraction of sp³-hybridized carbons (Fsp3) is 0.591. The molecule has 2 unspecified atom stereocenters. The maximum atomic E-state index is 13.1. The molecule has 1 rings (SSSR count). The van der Waals surface area contributed by atoms with Crippen LogP contribution in [-0.2, 0) is 14.3 Å².